The first-order valence-corrected chi connectivity index (χ1v) is 7.69. The lowest BCUT2D eigenvalue weighted by atomic mass is 9.70. The van der Waals surface area contributed by atoms with Crippen molar-refractivity contribution in [2.24, 2.45) is 17.1 Å². The number of carbonyl (C=O) groups excluding carboxylic acids is 1. The fourth-order valence-electron chi connectivity index (χ4n) is 2.68. The number of carbonyl (C=O) groups is 1. The fraction of sp³-hybridized carbons (Fsp3) is 0.533. The molecule has 5 heteroatoms. The summed E-state index contributed by atoms with van der Waals surface area (Å²) >= 11 is 11.8. The van der Waals surface area contributed by atoms with Gasteiger partial charge in [0.2, 0.25) is 5.91 Å². The van der Waals surface area contributed by atoms with Gasteiger partial charge in [0.1, 0.15) is 0 Å². The molecule has 0 saturated heterocycles. The van der Waals surface area contributed by atoms with Crippen molar-refractivity contribution in [3.05, 3.63) is 28.2 Å². The summed E-state index contributed by atoms with van der Waals surface area (Å²) in [4.78, 5) is 12.6. The quantitative estimate of drug-likeness (QED) is 0.883. The number of rotatable bonds is 3. The van der Waals surface area contributed by atoms with Gasteiger partial charge in [-0.15, -0.1) is 0 Å². The molecule has 0 atom stereocenters. The Morgan fingerprint density at radius 2 is 2.00 bits per heavy atom. The van der Waals surface area contributed by atoms with Crippen molar-refractivity contribution < 1.29 is 4.79 Å². The van der Waals surface area contributed by atoms with Gasteiger partial charge in [-0.3, -0.25) is 4.79 Å². The first-order valence-electron chi connectivity index (χ1n) is 6.93. The minimum Gasteiger partial charge on any atom is -0.329 e. The summed E-state index contributed by atoms with van der Waals surface area (Å²) in [5.74, 6) is 0.665. The Labute approximate surface area is 129 Å². The van der Waals surface area contributed by atoms with Gasteiger partial charge in [0.15, 0.2) is 0 Å². The molecule has 0 heterocycles. The maximum atomic E-state index is 12.6. The van der Waals surface area contributed by atoms with Crippen molar-refractivity contribution in [1.29, 1.82) is 0 Å². The van der Waals surface area contributed by atoms with Crippen molar-refractivity contribution in [3.8, 4) is 0 Å². The molecule has 0 radical (unpaired) electrons. The third-order valence-corrected chi connectivity index (χ3v) is 5.02. The van der Waals surface area contributed by atoms with E-state index < -0.39 is 5.41 Å². The number of amides is 1. The van der Waals surface area contributed by atoms with Gasteiger partial charge in [-0.1, -0.05) is 30.1 Å². The molecule has 1 fully saturated rings. The van der Waals surface area contributed by atoms with Crippen LogP contribution in [0.4, 0.5) is 5.69 Å². The highest BCUT2D eigenvalue weighted by molar-refractivity contribution is 6.42. The Kier molecular flexibility index (Phi) is 4.95. The van der Waals surface area contributed by atoms with Crippen LogP contribution < -0.4 is 11.1 Å². The zero-order valence-electron chi connectivity index (χ0n) is 11.6. The van der Waals surface area contributed by atoms with Gasteiger partial charge in [-0.2, -0.15) is 0 Å². The summed E-state index contributed by atoms with van der Waals surface area (Å²) < 4.78 is 0. The van der Waals surface area contributed by atoms with E-state index in [1.165, 1.54) is 0 Å². The average Bonchev–Trinajstić information content (AvgIpc) is 2.44. The molecule has 20 heavy (non-hydrogen) atoms. The van der Waals surface area contributed by atoms with Gasteiger partial charge < -0.3 is 11.1 Å². The van der Waals surface area contributed by atoms with Crippen LogP contribution in [0, 0.1) is 11.3 Å². The molecule has 1 aliphatic carbocycles. The van der Waals surface area contributed by atoms with Crippen molar-refractivity contribution in [1.82, 2.24) is 0 Å². The number of hydrogen-bond donors (Lipinski definition) is 2. The molecule has 1 aromatic rings. The minimum atomic E-state index is -0.446. The summed E-state index contributed by atoms with van der Waals surface area (Å²) in [6.45, 7) is 2.60. The first-order chi connectivity index (χ1) is 9.47. The smallest absolute Gasteiger partial charge is 0.231 e. The van der Waals surface area contributed by atoms with Gasteiger partial charge in [-0.05, 0) is 49.8 Å². The second-order valence-electron chi connectivity index (χ2n) is 5.75. The van der Waals surface area contributed by atoms with Crippen LogP contribution in [0.25, 0.3) is 0 Å². The lowest BCUT2D eigenvalue weighted by molar-refractivity contribution is -0.127. The van der Waals surface area contributed by atoms with E-state index in [1.54, 1.807) is 18.2 Å². The summed E-state index contributed by atoms with van der Waals surface area (Å²) in [5, 5.41) is 3.83. The van der Waals surface area contributed by atoms with Gasteiger partial charge in [-0.25, -0.2) is 0 Å². The van der Waals surface area contributed by atoms with Gasteiger partial charge >= 0.3 is 0 Å². The summed E-state index contributed by atoms with van der Waals surface area (Å²) in [5.41, 5.74) is 6.10. The summed E-state index contributed by atoms with van der Waals surface area (Å²) in [7, 11) is 0. The van der Waals surface area contributed by atoms with Crippen LogP contribution in [0.15, 0.2) is 18.2 Å². The molecule has 0 bridgehead atoms. The Morgan fingerprint density at radius 1 is 1.35 bits per heavy atom. The minimum absolute atomic E-state index is 0.00899. The highest BCUT2D eigenvalue weighted by Crippen LogP contribution is 2.39. The standard InChI is InChI=1S/C15H20Cl2N2O/c1-10-4-6-15(9-18,7-5-10)14(20)19-11-2-3-12(16)13(17)8-11/h2-3,8,10H,4-7,9,18H2,1H3,(H,19,20). The molecule has 2 rings (SSSR count). The normalized spacial score (nSPS) is 26.3. The Morgan fingerprint density at radius 3 is 2.55 bits per heavy atom. The first kappa shape index (κ1) is 15.6. The lowest BCUT2D eigenvalue weighted by Gasteiger charge is -2.37. The summed E-state index contributed by atoms with van der Waals surface area (Å²) in [6, 6.07) is 5.09. The van der Waals surface area contributed by atoms with Gasteiger partial charge in [0.25, 0.3) is 0 Å². The van der Waals surface area contributed by atoms with Crippen molar-refractivity contribution in [2.45, 2.75) is 32.6 Å². The Bertz CT molecular complexity index is 497. The average molecular weight is 315 g/mol. The second kappa shape index (κ2) is 6.33. The van der Waals surface area contributed by atoms with Crippen LogP contribution >= 0.6 is 23.2 Å². The van der Waals surface area contributed by atoms with E-state index in [2.05, 4.69) is 12.2 Å². The van der Waals surface area contributed by atoms with Crippen molar-refractivity contribution in [3.63, 3.8) is 0 Å². The largest absolute Gasteiger partial charge is 0.329 e. The molecule has 3 N–H and O–H groups in total. The highest BCUT2D eigenvalue weighted by atomic mass is 35.5. The zero-order chi connectivity index (χ0) is 14.8. The molecule has 1 amide bonds. The molecule has 0 unspecified atom stereocenters. The monoisotopic (exact) mass is 314 g/mol. The molecular weight excluding hydrogens is 295 g/mol. The topological polar surface area (TPSA) is 55.1 Å². The van der Waals surface area contributed by atoms with Crippen LogP contribution in [-0.4, -0.2) is 12.5 Å². The van der Waals surface area contributed by atoms with E-state index in [0.29, 0.717) is 28.2 Å². The van der Waals surface area contributed by atoms with Crippen LogP contribution in [0.1, 0.15) is 32.6 Å². The van der Waals surface area contributed by atoms with Crippen LogP contribution in [0.5, 0.6) is 0 Å². The Balaban J connectivity index is 2.11. The molecule has 0 aromatic heterocycles. The van der Waals surface area contributed by atoms with Gasteiger partial charge in [0, 0.05) is 12.2 Å². The van der Waals surface area contributed by atoms with E-state index in [0.717, 1.165) is 25.7 Å². The van der Waals surface area contributed by atoms with Crippen LogP contribution in [0.2, 0.25) is 10.0 Å². The fourth-order valence-corrected chi connectivity index (χ4v) is 2.97. The van der Waals surface area contributed by atoms with E-state index in [-0.39, 0.29) is 5.91 Å². The molecular formula is C15H20Cl2N2O. The van der Waals surface area contributed by atoms with E-state index in [4.69, 9.17) is 28.9 Å². The predicted molar refractivity (Wildman–Crippen MR) is 84.2 cm³/mol. The number of nitrogens with one attached hydrogen (secondary N) is 1. The molecule has 110 valence electrons. The molecule has 1 saturated carbocycles. The highest BCUT2D eigenvalue weighted by Gasteiger charge is 2.39. The van der Waals surface area contributed by atoms with E-state index in [1.807, 2.05) is 0 Å². The summed E-state index contributed by atoms with van der Waals surface area (Å²) in [6.07, 6.45) is 3.79. The van der Waals surface area contributed by atoms with Crippen molar-refractivity contribution >= 4 is 34.8 Å². The number of halogens is 2. The SMILES string of the molecule is CC1CCC(CN)(C(=O)Nc2ccc(Cl)c(Cl)c2)CC1. The zero-order valence-corrected chi connectivity index (χ0v) is 13.1. The molecule has 0 aliphatic heterocycles. The number of hydrogen-bond acceptors (Lipinski definition) is 2. The predicted octanol–water partition coefficient (Wildman–Crippen LogP) is 4.09. The lowest BCUT2D eigenvalue weighted by Crippen LogP contribution is -2.44. The third kappa shape index (κ3) is 3.27. The number of anilines is 1. The number of benzene rings is 1. The Hall–Kier alpha value is -0.770. The van der Waals surface area contributed by atoms with Crippen LogP contribution in [-0.2, 0) is 4.79 Å². The molecule has 0 spiro atoms. The molecule has 1 aromatic carbocycles. The second-order valence-corrected chi connectivity index (χ2v) is 6.56. The van der Waals surface area contributed by atoms with Crippen LogP contribution in [0.3, 0.4) is 0 Å². The number of nitrogens with two attached hydrogens (primary N) is 1. The van der Waals surface area contributed by atoms with Gasteiger partial charge in [0.05, 0.1) is 15.5 Å². The van der Waals surface area contributed by atoms with E-state index >= 15 is 0 Å². The maximum absolute atomic E-state index is 12.6. The maximum Gasteiger partial charge on any atom is 0.231 e. The van der Waals surface area contributed by atoms with Crippen molar-refractivity contribution in [2.75, 3.05) is 11.9 Å². The third-order valence-electron chi connectivity index (χ3n) is 4.28. The van der Waals surface area contributed by atoms with E-state index in [9.17, 15) is 4.79 Å². The molecule has 1 aliphatic rings. The molecule has 3 nitrogen and oxygen atoms in total.